The number of hydrogen-bond donors (Lipinski definition) is 2. The monoisotopic (exact) mass is 623 g/mol. The van der Waals surface area contributed by atoms with Crippen LogP contribution in [0.25, 0.3) is 11.0 Å². The highest BCUT2D eigenvalue weighted by Gasteiger charge is 2.35. The van der Waals surface area contributed by atoms with Gasteiger partial charge in [-0.2, -0.15) is 0 Å². The van der Waals surface area contributed by atoms with Gasteiger partial charge < -0.3 is 24.6 Å². The number of methoxy groups -OCH3 is 2. The molecule has 1 fully saturated rings. The molecule has 0 aliphatic carbocycles. The smallest absolute Gasteiger partial charge is 0.323 e. The fourth-order valence-corrected chi connectivity index (χ4v) is 7.58. The first-order valence-electron chi connectivity index (χ1n) is 11.9. The van der Waals surface area contributed by atoms with Crippen molar-refractivity contribution in [2.75, 3.05) is 32.2 Å². The van der Waals surface area contributed by atoms with Gasteiger partial charge in [-0.1, -0.05) is 49.1 Å². The predicted octanol–water partition coefficient (Wildman–Crippen LogP) is 2.10. The number of carboxylic acids is 2. The van der Waals surface area contributed by atoms with Gasteiger partial charge in [0.2, 0.25) is 0 Å². The van der Waals surface area contributed by atoms with Crippen LogP contribution in [0.3, 0.4) is 0 Å². The van der Waals surface area contributed by atoms with Gasteiger partial charge in [-0.15, -0.1) is 11.3 Å². The first-order valence-corrected chi connectivity index (χ1v) is 14.8. The Kier molecular flexibility index (Phi) is 9.28. The molecule has 1 amide bonds. The van der Waals surface area contributed by atoms with E-state index in [2.05, 4.69) is 11.8 Å². The van der Waals surface area contributed by atoms with Gasteiger partial charge in [0.15, 0.2) is 11.5 Å². The number of aromatic nitrogens is 1. The molecule has 3 heterocycles. The number of carbonyl (C=O) groups excluding carboxylic acids is 1. The molecular weight excluding hydrogens is 599 g/mol. The molecule has 2 aromatic rings. The molecule has 1 aromatic carbocycles. The summed E-state index contributed by atoms with van der Waals surface area (Å²) < 4.78 is 12.3. The molecule has 0 spiro atoms. The van der Waals surface area contributed by atoms with Crippen molar-refractivity contribution in [1.82, 2.24) is 9.47 Å². The third kappa shape index (κ3) is 5.92. The van der Waals surface area contributed by atoms with Crippen molar-refractivity contribution in [2.24, 2.45) is 0 Å². The Hall–Kier alpha value is -3.27. The van der Waals surface area contributed by atoms with Gasteiger partial charge in [-0.3, -0.25) is 28.6 Å². The first kappa shape index (κ1) is 29.7. The van der Waals surface area contributed by atoms with Crippen LogP contribution in [0.5, 0.6) is 11.5 Å². The number of amides is 1. The van der Waals surface area contributed by atoms with Gasteiger partial charge in [0.25, 0.3) is 11.5 Å². The van der Waals surface area contributed by atoms with Crippen molar-refractivity contribution in [3.8, 4) is 11.5 Å². The lowest BCUT2D eigenvalue weighted by Crippen LogP contribution is -2.36. The lowest BCUT2D eigenvalue weighted by Gasteiger charge is -2.20. The van der Waals surface area contributed by atoms with Crippen molar-refractivity contribution in [1.29, 1.82) is 0 Å². The van der Waals surface area contributed by atoms with Crippen molar-refractivity contribution in [2.45, 2.75) is 31.2 Å². The zero-order valence-corrected chi connectivity index (χ0v) is 24.9. The van der Waals surface area contributed by atoms with Crippen LogP contribution in [0.2, 0.25) is 0 Å². The number of thiocarbonyl (C=S) groups is 1. The largest absolute Gasteiger partial charge is 0.493 e. The number of fused-ring (bicyclic) bond motifs is 1. The average molecular weight is 624 g/mol. The topological polar surface area (TPSA) is 139 Å². The Labute approximate surface area is 246 Å². The van der Waals surface area contributed by atoms with Crippen LogP contribution in [0.4, 0.5) is 5.69 Å². The molecular formula is C25H25N3O8S4. The summed E-state index contributed by atoms with van der Waals surface area (Å²) in [7, 11) is 3.14. The number of carboxylic acid groups (broad SMARTS) is 2. The highest BCUT2D eigenvalue weighted by atomic mass is 32.2. The number of hydrogen-bond acceptors (Lipinski definition) is 11. The van der Waals surface area contributed by atoms with Gasteiger partial charge in [0.1, 0.15) is 27.0 Å². The van der Waals surface area contributed by atoms with E-state index in [0.29, 0.717) is 11.5 Å². The van der Waals surface area contributed by atoms with E-state index in [1.165, 1.54) is 11.8 Å². The minimum Gasteiger partial charge on any atom is -0.493 e. The van der Waals surface area contributed by atoms with Crippen molar-refractivity contribution < 1.29 is 34.1 Å². The molecule has 1 saturated heterocycles. The lowest BCUT2D eigenvalue weighted by atomic mass is 10.2. The SMILES string of the molecule is CCCCN1C(=CC=c2s/c(=C3\SC(=S)N(CC(=O)O)C3=O)n(CC(=O)O)c2=O)Sc2cc(OC)c(OC)cc21. The summed E-state index contributed by atoms with van der Waals surface area (Å²) in [5, 5.41) is 19.4. The number of allylic oxidation sites excluding steroid dienone is 1. The zero-order valence-electron chi connectivity index (χ0n) is 21.7. The summed E-state index contributed by atoms with van der Waals surface area (Å²) in [4.78, 5) is 53.0. The van der Waals surface area contributed by atoms with Crippen LogP contribution >= 0.6 is 47.1 Å². The lowest BCUT2D eigenvalue weighted by molar-refractivity contribution is -0.140. The standard InChI is InChI=1S/C25H25N3O8S4/c1-4-5-8-26-13-9-14(35-2)15(36-3)10-17(13)38-18(26)7-6-16-22(33)27(11-19(29)30)24(39-16)21-23(34)28(12-20(31)32)25(37)40-21/h6-7,9-10H,4-5,8,11-12H2,1-3H3,(H,29,30)(H,31,32)/b16-6?,18-7?,24-21-. The van der Waals surface area contributed by atoms with E-state index in [0.717, 1.165) is 67.6 Å². The molecule has 15 heteroatoms. The number of carbonyl (C=O) groups is 3. The minimum atomic E-state index is -1.26. The molecule has 0 atom stereocenters. The van der Waals surface area contributed by atoms with Crippen LogP contribution < -0.4 is 29.1 Å². The molecule has 0 radical (unpaired) electrons. The quantitative estimate of drug-likeness (QED) is 0.375. The number of thioether (sulfide) groups is 2. The van der Waals surface area contributed by atoms with Gasteiger partial charge >= 0.3 is 11.9 Å². The highest BCUT2D eigenvalue weighted by molar-refractivity contribution is 8.30. The molecule has 0 bridgehead atoms. The number of rotatable bonds is 10. The van der Waals surface area contributed by atoms with E-state index < -0.39 is 36.5 Å². The maximum absolute atomic E-state index is 13.3. The van der Waals surface area contributed by atoms with Gasteiger partial charge in [0, 0.05) is 23.6 Å². The normalized spacial score (nSPS) is 17.7. The third-order valence-corrected chi connectivity index (χ3v) is 9.71. The highest BCUT2D eigenvalue weighted by Crippen LogP contribution is 2.50. The van der Waals surface area contributed by atoms with Gasteiger partial charge in [-0.25, -0.2) is 0 Å². The second-order valence-corrected chi connectivity index (χ2v) is 12.2. The maximum atomic E-state index is 13.3. The van der Waals surface area contributed by atoms with Crippen LogP contribution in [0, 0.1) is 0 Å². The molecule has 2 aliphatic rings. The second kappa shape index (κ2) is 12.5. The summed E-state index contributed by atoms with van der Waals surface area (Å²) in [6.45, 7) is 1.52. The summed E-state index contributed by atoms with van der Waals surface area (Å²) in [6, 6.07) is 3.80. The van der Waals surface area contributed by atoms with E-state index in [1.807, 2.05) is 12.1 Å². The zero-order chi connectivity index (χ0) is 29.1. The molecule has 11 nitrogen and oxygen atoms in total. The van der Waals surface area contributed by atoms with Gasteiger partial charge in [-0.05, 0) is 18.6 Å². The summed E-state index contributed by atoms with van der Waals surface area (Å²) >= 11 is 8.47. The number of ether oxygens (including phenoxy) is 2. The number of aliphatic carboxylic acids is 2. The molecule has 2 aliphatic heterocycles. The van der Waals surface area contributed by atoms with Crippen LogP contribution in [0.15, 0.2) is 32.9 Å². The summed E-state index contributed by atoms with van der Waals surface area (Å²) in [5.74, 6) is -2.00. The summed E-state index contributed by atoms with van der Waals surface area (Å²) in [6.07, 6.45) is 5.29. The van der Waals surface area contributed by atoms with E-state index >= 15 is 0 Å². The average Bonchev–Trinajstić information content (AvgIpc) is 3.51. The first-order chi connectivity index (χ1) is 19.1. The van der Waals surface area contributed by atoms with Crippen molar-refractivity contribution >= 4 is 85.9 Å². The minimum absolute atomic E-state index is 0.0216. The fraction of sp³-hybridized carbons (Fsp3) is 0.320. The van der Waals surface area contributed by atoms with E-state index in [1.54, 1.807) is 26.4 Å². The Morgan fingerprint density at radius 2 is 1.68 bits per heavy atom. The van der Waals surface area contributed by atoms with Crippen LogP contribution in [-0.4, -0.2) is 69.2 Å². The Bertz CT molecular complexity index is 1610. The van der Waals surface area contributed by atoms with Crippen LogP contribution in [-0.2, 0) is 20.9 Å². The van der Waals surface area contributed by atoms with Crippen molar-refractivity contribution in [3.05, 3.63) is 42.8 Å². The third-order valence-electron chi connectivity index (χ3n) is 5.89. The second-order valence-electron chi connectivity index (χ2n) is 8.49. The van der Waals surface area contributed by atoms with Crippen LogP contribution in [0.1, 0.15) is 19.8 Å². The molecule has 212 valence electrons. The Morgan fingerprint density at radius 3 is 2.30 bits per heavy atom. The summed E-state index contributed by atoms with van der Waals surface area (Å²) in [5.41, 5.74) is 0.369. The van der Waals surface area contributed by atoms with Gasteiger partial charge in [0.05, 0.1) is 29.5 Å². The molecule has 2 N–H and O–H groups in total. The van der Waals surface area contributed by atoms with E-state index in [9.17, 15) is 24.3 Å². The predicted molar refractivity (Wildman–Crippen MR) is 159 cm³/mol. The van der Waals surface area contributed by atoms with Crippen molar-refractivity contribution in [3.63, 3.8) is 0 Å². The number of nitrogens with zero attached hydrogens (tertiary/aromatic N) is 3. The van der Waals surface area contributed by atoms with E-state index in [4.69, 9.17) is 26.8 Å². The number of anilines is 1. The maximum Gasteiger partial charge on any atom is 0.323 e. The number of benzene rings is 1. The number of unbranched alkanes of at least 4 members (excludes halogenated alkanes) is 1. The van der Waals surface area contributed by atoms with E-state index in [-0.39, 0.29) is 18.4 Å². The Balaban J connectivity index is 1.83. The molecule has 0 saturated carbocycles. The molecule has 1 aromatic heterocycles. The fourth-order valence-electron chi connectivity index (χ4n) is 4.03. The number of thiazole rings is 1. The molecule has 40 heavy (non-hydrogen) atoms. The molecule has 4 rings (SSSR count). The Morgan fingerprint density at radius 1 is 1.00 bits per heavy atom. The molecule has 0 unspecified atom stereocenters.